The van der Waals surface area contributed by atoms with Gasteiger partial charge in [-0.15, -0.1) is 0 Å². The van der Waals surface area contributed by atoms with E-state index in [0.717, 1.165) is 5.56 Å². The number of methoxy groups -OCH3 is 2. The summed E-state index contributed by atoms with van der Waals surface area (Å²) in [5, 5.41) is 5.13. The Labute approximate surface area is 92.0 Å². The highest BCUT2D eigenvalue weighted by Gasteiger charge is 2.08. The first kappa shape index (κ1) is 10.4. The van der Waals surface area contributed by atoms with Crippen LogP contribution in [0.15, 0.2) is 29.2 Å². The zero-order valence-corrected chi connectivity index (χ0v) is 9.03. The number of hydrogen-bond acceptors (Lipinski definition) is 3. The summed E-state index contributed by atoms with van der Waals surface area (Å²) in [6.45, 7) is 0. The van der Waals surface area contributed by atoms with E-state index in [9.17, 15) is 4.79 Å². The largest absolute Gasteiger partial charge is 0.493 e. The van der Waals surface area contributed by atoms with Crippen LogP contribution in [-0.2, 0) is 0 Å². The average Bonchev–Trinajstić information content (AvgIpc) is 2.74. The minimum absolute atomic E-state index is 0.160. The Morgan fingerprint density at radius 3 is 2.44 bits per heavy atom. The molecule has 84 valence electrons. The quantitative estimate of drug-likeness (QED) is 0.821. The van der Waals surface area contributed by atoms with Gasteiger partial charge >= 0.3 is 0 Å². The van der Waals surface area contributed by atoms with Gasteiger partial charge in [-0.1, -0.05) is 6.07 Å². The highest BCUT2D eigenvalue weighted by Crippen LogP contribution is 2.30. The summed E-state index contributed by atoms with van der Waals surface area (Å²) in [5.74, 6) is 1.24. The van der Waals surface area contributed by atoms with Gasteiger partial charge in [0.05, 0.1) is 19.8 Å². The summed E-state index contributed by atoms with van der Waals surface area (Å²) in [6, 6.07) is 5.33. The summed E-state index contributed by atoms with van der Waals surface area (Å²) in [6.07, 6.45) is 1.61. The number of H-pyrrole nitrogens is 2. The van der Waals surface area contributed by atoms with E-state index in [-0.39, 0.29) is 5.56 Å². The maximum Gasteiger partial charge on any atom is 0.271 e. The van der Waals surface area contributed by atoms with Gasteiger partial charge in [-0.2, -0.15) is 0 Å². The number of hydrogen-bond donors (Lipinski definition) is 2. The van der Waals surface area contributed by atoms with Crippen LogP contribution in [0.1, 0.15) is 0 Å². The van der Waals surface area contributed by atoms with Gasteiger partial charge in [-0.05, 0) is 17.7 Å². The first-order chi connectivity index (χ1) is 7.76. The van der Waals surface area contributed by atoms with E-state index < -0.39 is 0 Å². The molecule has 2 N–H and O–H groups in total. The summed E-state index contributed by atoms with van der Waals surface area (Å²) in [4.78, 5) is 11.4. The normalized spacial score (nSPS) is 10.1. The van der Waals surface area contributed by atoms with Crippen molar-refractivity contribution in [2.75, 3.05) is 14.2 Å². The van der Waals surface area contributed by atoms with Crippen molar-refractivity contribution < 1.29 is 9.47 Å². The molecule has 1 aromatic carbocycles. The Hall–Kier alpha value is -2.17. The number of benzene rings is 1. The van der Waals surface area contributed by atoms with Crippen molar-refractivity contribution in [1.29, 1.82) is 0 Å². The van der Waals surface area contributed by atoms with Gasteiger partial charge in [-0.25, -0.2) is 0 Å². The van der Waals surface area contributed by atoms with Crippen molar-refractivity contribution in [3.8, 4) is 22.6 Å². The number of nitrogens with one attached hydrogen (secondary N) is 2. The van der Waals surface area contributed by atoms with E-state index in [4.69, 9.17) is 9.47 Å². The SMILES string of the molecule is COc1ccc(-c2c[nH][nH]c2=O)cc1OC. The van der Waals surface area contributed by atoms with Crippen molar-refractivity contribution in [3.05, 3.63) is 34.7 Å². The van der Waals surface area contributed by atoms with Gasteiger partial charge < -0.3 is 14.6 Å². The van der Waals surface area contributed by atoms with E-state index in [1.807, 2.05) is 0 Å². The molecule has 0 saturated heterocycles. The van der Waals surface area contributed by atoms with E-state index in [2.05, 4.69) is 10.2 Å². The summed E-state index contributed by atoms with van der Waals surface area (Å²) < 4.78 is 10.3. The number of aromatic nitrogens is 2. The lowest BCUT2D eigenvalue weighted by Crippen LogP contribution is -2.01. The van der Waals surface area contributed by atoms with E-state index in [0.29, 0.717) is 17.1 Å². The fourth-order valence-corrected chi connectivity index (χ4v) is 1.52. The van der Waals surface area contributed by atoms with Crippen LogP contribution in [0.25, 0.3) is 11.1 Å². The molecule has 0 aliphatic carbocycles. The molecule has 0 saturated carbocycles. The molecule has 2 rings (SSSR count). The molecule has 0 unspecified atom stereocenters. The minimum Gasteiger partial charge on any atom is -0.493 e. The van der Waals surface area contributed by atoms with Crippen molar-refractivity contribution in [2.45, 2.75) is 0 Å². The van der Waals surface area contributed by atoms with Crippen LogP contribution in [0.5, 0.6) is 11.5 Å². The predicted molar refractivity (Wildman–Crippen MR) is 60.0 cm³/mol. The lowest BCUT2D eigenvalue weighted by atomic mass is 10.1. The van der Waals surface area contributed by atoms with Gasteiger partial charge in [0.15, 0.2) is 11.5 Å². The first-order valence-electron chi connectivity index (χ1n) is 4.74. The van der Waals surface area contributed by atoms with E-state index in [1.165, 1.54) is 0 Å². The lowest BCUT2D eigenvalue weighted by Gasteiger charge is -2.08. The zero-order chi connectivity index (χ0) is 11.5. The maximum atomic E-state index is 11.4. The Morgan fingerprint density at radius 1 is 1.12 bits per heavy atom. The third kappa shape index (κ3) is 1.67. The van der Waals surface area contributed by atoms with Crippen LogP contribution in [0.3, 0.4) is 0 Å². The van der Waals surface area contributed by atoms with Gasteiger partial charge in [0, 0.05) is 6.20 Å². The molecule has 0 amide bonds. The molecule has 5 nitrogen and oxygen atoms in total. The molecular formula is C11H12N2O3. The standard InChI is InChI=1S/C11H12N2O3/c1-15-9-4-3-7(5-10(9)16-2)8-6-12-13-11(8)14/h3-6H,1-2H3,(H2,12,13,14). The first-order valence-corrected chi connectivity index (χ1v) is 4.74. The Bertz CT molecular complexity index is 542. The highest BCUT2D eigenvalue weighted by atomic mass is 16.5. The molecule has 2 aromatic rings. The monoisotopic (exact) mass is 220 g/mol. The molecule has 0 radical (unpaired) electrons. The molecular weight excluding hydrogens is 208 g/mol. The van der Waals surface area contributed by atoms with Gasteiger partial charge in [0.1, 0.15) is 0 Å². The smallest absolute Gasteiger partial charge is 0.271 e. The second-order valence-electron chi connectivity index (χ2n) is 3.23. The topological polar surface area (TPSA) is 67.1 Å². The van der Waals surface area contributed by atoms with Crippen LogP contribution >= 0.6 is 0 Å². The molecule has 0 aliphatic rings. The maximum absolute atomic E-state index is 11.4. The van der Waals surface area contributed by atoms with Crippen LogP contribution in [0, 0.1) is 0 Å². The van der Waals surface area contributed by atoms with E-state index >= 15 is 0 Å². The molecule has 1 aromatic heterocycles. The summed E-state index contributed by atoms with van der Waals surface area (Å²) in [5.41, 5.74) is 1.19. The molecule has 0 fully saturated rings. The molecule has 0 aliphatic heterocycles. The third-order valence-corrected chi connectivity index (χ3v) is 2.34. The molecule has 5 heteroatoms. The number of aromatic amines is 2. The highest BCUT2D eigenvalue weighted by molar-refractivity contribution is 5.65. The Morgan fingerprint density at radius 2 is 1.88 bits per heavy atom. The van der Waals surface area contributed by atoms with Gasteiger partial charge in [0.2, 0.25) is 0 Å². The fourth-order valence-electron chi connectivity index (χ4n) is 1.52. The van der Waals surface area contributed by atoms with Crippen molar-refractivity contribution in [3.63, 3.8) is 0 Å². The zero-order valence-electron chi connectivity index (χ0n) is 9.03. The number of ether oxygens (including phenoxy) is 2. The second kappa shape index (κ2) is 4.14. The van der Waals surface area contributed by atoms with Crippen LogP contribution in [-0.4, -0.2) is 24.4 Å². The van der Waals surface area contributed by atoms with Crippen molar-refractivity contribution in [2.24, 2.45) is 0 Å². The molecule has 0 atom stereocenters. The second-order valence-corrected chi connectivity index (χ2v) is 3.23. The molecule has 1 heterocycles. The van der Waals surface area contributed by atoms with Crippen molar-refractivity contribution >= 4 is 0 Å². The predicted octanol–water partition coefficient (Wildman–Crippen LogP) is 1.39. The van der Waals surface area contributed by atoms with Crippen molar-refractivity contribution in [1.82, 2.24) is 10.2 Å². The average molecular weight is 220 g/mol. The molecule has 0 spiro atoms. The summed E-state index contributed by atoms with van der Waals surface area (Å²) in [7, 11) is 3.13. The Balaban J connectivity index is 2.52. The molecule has 0 bridgehead atoms. The molecule has 16 heavy (non-hydrogen) atoms. The van der Waals surface area contributed by atoms with Crippen LogP contribution < -0.4 is 15.0 Å². The fraction of sp³-hybridized carbons (Fsp3) is 0.182. The van der Waals surface area contributed by atoms with Crippen LogP contribution in [0.4, 0.5) is 0 Å². The number of rotatable bonds is 3. The van der Waals surface area contributed by atoms with Gasteiger partial charge in [-0.3, -0.25) is 9.89 Å². The van der Waals surface area contributed by atoms with E-state index in [1.54, 1.807) is 38.6 Å². The van der Waals surface area contributed by atoms with Crippen LogP contribution in [0.2, 0.25) is 0 Å². The Kier molecular flexibility index (Phi) is 2.68. The minimum atomic E-state index is -0.160. The lowest BCUT2D eigenvalue weighted by molar-refractivity contribution is 0.355. The summed E-state index contributed by atoms with van der Waals surface area (Å²) >= 11 is 0. The third-order valence-electron chi connectivity index (χ3n) is 2.34. The van der Waals surface area contributed by atoms with Gasteiger partial charge in [0.25, 0.3) is 5.56 Å².